The van der Waals surface area contributed by atoms with Crippen LogP contribution in [0.5, 0.6) is 0 Å². The highest BCUT2D eigenvalue weighted by atomic mass is 16.5. The van der Waals surface area contributed by atoms with Crippen LogP contribution >= 0.6 is 0 Å². The minimum atomic E-state index is -1.49. The molecule has 368 valence electrons. The number of benzene rings is 2. The Morgan fingerprint density at radius 1 is 1.07 bits per heavy atom. The zero-order valence-electron chi connectivity index (χ0n) is 42.6. The van der Waals surface area contributed by atoms with Gasteiger partial charge in [-0.1, -0.05) is 78.1 Å². The van der Waals surface area contributed by atoms with Crippen molar-refractivity contribution in [3.63, 3.8) is 0 Å². The van der Waals surface area contributed by atoms with E-state index in [4.69, 9.17) is 14.5 Å². The van der Waals surface area contributed by atoms with E-state index in [0.717, 1.165) is 50.1 Å². The highest BCUT2D eigenvalue weighted by Gasteiger charge is 2.50. The molecule has 2 aliphatic heterocycles. The maximum Gasteiger partial charge on any atom is 0.308 e. The number of ether oxygens (including phenoxy) is 2. The smallest absolute Gasteiger partial charge is 0.308 e. The number of cyclic esters (lactones) is 1. The van der Waals surface area contributed by atoms with Gasteiger partial charge >= 0.3 is 5.97 Å². The number of aryl methyl sites for hydroxylation is 1. The molecule has 13 heteroatoms. The predicted octanol–water partition coefficient (Wildman–Crippen LogP) is 8.91. The van der Waals surface area contributed by atoms with Gasteiger partial charge in [0.2, 0.25) is 17.7 Å². The Bertz CT molecular complexity index is 2610. The van der Waals surface area contributed by atoms with Gasteiger partial charge < -0.3 is 34.1 Å². The second kappa shape index (κ2) is 22.0. The lowest BCUT2D eigenvalue weighted by Gasteiger charge is -2.37. The van der Waals surface area contributed by atoms with E-state index in [1.165, 1.54) is 15.9 Å². The number of nitrogens with zero attached hydrogens (tertiary/aromatic N) is 6. The Morgan fingerprint density at radius 3 is 2.48 bits per heavy atom. The van der Waals surface area contributed by atoms with Gasteiger partial charge in [-0.3, -0.25) is 24.2 Å². The first-order chi connectivity index (χ1) is 32.8. The second-order valence-electron chi connectivity index (χ2n) is 20.2. The van der Waals surface area contributed by atoms with Crippen molar-refractivity contribution in [2.75, 3.05) is 46.9 Å². The van der Waals surface area contributed by atoms with Crippen molar-refractivity contribution in [1.29, 1.82) is 5.26 Å². The van der Waals surface area contributed by atoms with Crippen molar-refractivity contribution >= 4 is 34.6 Å². The molecule has 2 aliphatic rings. The molecule has 1 saturated heterocycles. The molecule has 0 saturated carbocycles. The van der Waals surface area contributed by atoms with Crippen LogP contribution < -0.4 is 5.32 Å². The Morgan fingerprint density at radius 2 is 1.81 bits per heavy atom. The van der Waals surface area contributed by atoms with Gasteiger partial charge in [-0.15, -0.1) is 0 Å². The quantitative estimate of drug-likeness (QED) is 0.115. The van der Waals surface area contributed by atoms with E-state index in [9.17, 15) is 24.4 Å². The number of carbonyl (C=O) groups excluding carboxylic acids is 4. The number of methoxy groups -OCH3 is 1. The lowest BCUT2D eigenvalue weighted by atomic mass is 9.84. The minimum Gasteiger partial charge on any atom is -0.465 e. The van der Waals surface area contributed by atoms with E-state index < -0.39 is 28.8 Å². The first-order valence-corrected chi connectivity index (χ1v) is 24.6. The lowest BCUT2D eigenvalue weighted by molar-refractivity contribution is -0.151. The second-order valence-corrected chi connectivity index (χ2v) is 20.2. The van der Waals surface area contributed by atoms with Crippen LogP contribution in [0.4, 0.5) is 0 Å². The number of hydrogen-bond donors (Lipinski definition) is 1. The summed E-state index contributed by atoms with van der Waals surface area (Å²) in [6, 6.07) is 19.8. The molecule has 2 aromatic carbocycles. The topological polar surface area (TPSA) is 150 Å². The molecule has 13 nitrogen and oxygen atoms in total. The molecule has 4 bridgehead atoms. The van der Waals surface area contributed by atoms with E-state index >= 15 is 0 Å². The SMILES string of the molecule is C=CC(=O)N1CC[C@@](C#N)(C(=O)N(C)[C@H](C(=O)N[C@H]2Cc3cccc(c3)-c3ccc4c(c3)c(c(-c3cccnc3[C@H](C)OC)n4CC)CC(C)(C)COC(=O)[C@@H](C)CCCN(CC)C2=C)C(C)C)C1. The van der Waals surface area contributed by atoms with Crippen molar-refractivity contribution in [2.24, 2.45) is 22.7 Å². The van der Waals surface area contributed by atoms with Crippen LogP contribution in [-0.4, -0.2) is 107 Å². The van der Waals surface area contributed by atoms with Gasteiger partial charge in [0, 0.05) is 80.7 Å². The number of amides is 3. The monoisotopic (exact) mass is 940 g/mol. The Labute approximate surface area is 409 Å². The zero-order valence-corrected chi connectivity index (χ0v) is 42.6. The van der Waals surface area contributed by atoms with E-state index in [1.807, 2.05) is 46.8 Å². The number of hydrogen-bond acceptors (Lipinski definition) is 9. The van der Waals surface area contributed by atoms with E-state index in [-0.39, 0.29) is 61.8 Å². The molecule has 0 unspecified atom stereocenters. The first kappa shape index (κ1) is 52.1. The van der Waals surface area contributed by atoms with Gasteiger partial charge in [-0.05, 0) is 111 Å². The van der Waals surface area contributed by atoms with Gasteiger partial charge in [0.25, 0.3) is 0 Å². The third kappa shape index (κ3) is 11.1. The highest BCUT2D eigenvalue weighted by molar-refractivity contribution is 5.96. The average Bonchev–Trinajstić information content (AvgIpc) is 3.92. The molecule has 4 heterocycles. The third-order valence-corrected chi connectivity index (χ3v) is 14.3. The molecule has 1 fully saturated rings. The summed E-state index contributed by atoms with van der Waals surface area (Å²) in [5, 5.41) is 14.8. The first-order valence-electron chi connectivity index (χ1n) is 24.6. The lowest BCUT2D eigenvalue weighted by Crippen LogP contribution is -2.57. The number of aromatic nitrogens is 2. The molecule has 0 radical (unpaired) electrons. The zero-order chi connectivity index (χ0) is 50.4. The molecule has 69 heavy (non-hydrogen) atoms. The number of nitriles is 1. The van der Waals surface area contributed by atoms with E-state index in [1.54, 1.807) is 20.4 Å². The van der Waals surface area contributed by atoms with Crippen LogP contribution in [0.2, 0.25) is 0 Å². The molecule has 0 spiro atoms. The molecule has 6 rings (SSSR count). The van der Waals surface area contributed by atoms with Gasteiger partial charge in [0.05, 0.1) is 42.1 Å². The Kier molecular flexibility index (Phi) is 16.6. The number of esters is 1. The van der Waals surface area contributed by atoms with E-state index in [2.05, 4.69) is 97.2 Å². The highest BCUT2D eigenvalue weighted by Crippen LogP contribution is 2.42. The van der Waals surface area contributed by atoms with Crippen molar-refractivity contribution in [2.45, 2.75) is 112 Å². The van der Waals surface area contributed by atoms with Crippen LogP contribution in [0.15, 0.2) is 85.7 Å². The molecule has 4 aromatic rings. The number of rotatable bonds is 11. The predicted molar refractivity (Wildman–Crippen MR) is 271 cm³/mol. The summed E-state index contributed by atoms with van der Waals surface area (Å²) in [5.74, 6) is -2.12. The summed E-state index contributed by atoms with van der Waals surface area (Å²) in [7, 11) is 3.26. The summed E-state index contributed by atoms with van der Waals surface area (Å²) in [5.41, 5.74) is 6.96. The summed E-state index contributed by atoms with van der Waals surface area (Å²) in [6.07, 6.45) is 5.21. The molecule has 0 aliphatic carbocycles. The molecule has 1 N–H and O–H groups in total. The summed E-state index contributed by atoms with van der Waals surface area (Å²) in [4.78, 5) is 65.1. The number of likely N-dealkylation sites (tertiary alicyclic amines) is 1. The molecular formula is C56H73N7O6. The molecular weight excluding hydrogens is 867 g/mol. The van der Waals surface area contributed by atoms with Gasteiger partial charge in [-0.25, -0.2) is 0 Å². The van der Waals surface area contributed by atoms with Crippen LogP contribution in [0.3, 0.4) is 0 Å². The molecule has 2 aromatic heterocycles. The van der Waals surface area contributed by atoms with Crippen LogP contribution in [-0.2, 0) is 48.0 Å². The maximum absolute atomic E-state index is 14.8. The third-order valence-electron chi connectivity index (χ3n) is 14.3. The van der Waals surface area contributed by atoms with Gasteiger partial charge in [0.1, 0.15) is 6.04 Å². The fourth-order valence-corrected chi connectivity index (χ4v) is 10.3. The van der Waals surface area contributed by atoms with Crippen molar-refractivity contribution in [3.8, 4) is 28.5 Å². The van der Waals surface area contributed by atoms with Crippen molar-refractivity contribution in [3.05, 3.63) is 103 Å². The van der Waals surface area contributed by atoms with E-state index in [0.29, 0.717) is 51.0 Å². The normalized spacial score (nSPS) is 21.1. The number of pyridine rings is 1. The van der Waals surface area contributed by atoms with Crippen LogP contribution in [0.25, 0.3) is 33.3 Å². The Hall–Kier alpha value is -6.26. The Balaban J connectivity index is 1.44. The fourth-order valence-electron chi connectivity index (χ4n) is 10.3. The number of nitrogens with one attached hydrogen (secondary N) is 1. The van der Waals surface area contributed by atoms with Crippen LogP contribution in [0, 0.1) is 34.0 Å². The van der Waals surface area contributed by atoms with Crippen molar-refractivity contribution < 1.29 is 28.7 Å². The standard InChI is InChI=1S/C56H73N7O6/c1-13-48(64)62-28-25-56(33-57,34-62)54(67)60(11)50(36(4)5)52(65)59-46-30-40-20-16-21-41(29-40)42-23-24-47-44(31-42)45(51(63(47)15-3)43-22-17-26-58-49(43)39(8)68-12)32-55(9,10)35-69-53(66)37(6)19-18-27-61(14-2)38(46)7/h13,16-17,20-24,26,29,31,36-37,39,46,50H,1,7,14-15,18-19,25,27-28,30,32,34-35H2,2-6,8-12H3,(H,59,65)/t37-,39-,46-,50-,56-/m0/s1. The summed E-state index contributed by atoms with van der Waals surface area (Å²) >= 11 is 0. The largest absolute Gasteiger partial charge is 0.465 e. The number of carbonyl (C=O) groups is 4. The number of likely N-dealkylation sites (N-methyl/N-ethyl adjacent to an activating group) is 2. The maximum atomic E-state index is 14.8. The summed E-state index contributed by atoms with van der Waals surface area (Å²) < 4.78 is 14.3. The average molecular weight is 940 g/mol. The molecule has 5 atom stereocenters. The van der Waals surface area contributed by atoms with Crippen molar-refractivity contribution in [1.82, 2.24) is 29.6 Å². The van der Waals surface area contributed by atoms with Gasteiger partial charge in [-0.2, -0.15) is 5.26 Å². The fraction of sp³-hybridized carbons (Fsp3) is 0.500. The van der Waals surface area contributed by atoms with Gasteiger partial charge in [0.15, 0.2) is 5.41 Å². The number of fused-ring (bicyclic) bond motifs is 4. The molecule has 3 amide bonds. The minimum absolute atomic E-state index is 0.0710. The van der Waals surface area contributed by atoms with Crippen LogP contribution in [0.1, 0.15) is 97.6 Å². The summed E-state index contributed by atoms with van der Waals surface area (Å²) in [6.45, 7) is 26.7.